The van der Waals surface area contributed by atoms with Crippen molar-refractivity contribution in [2.45, 2.75) is 70.6 Å². The van der Waals surface area contributed by atoms with Gasteiger partial charge in [0.25, 0.3) is 0 Å². The maximum absolute atomic E-state index is 6.45. The maximum Gasteiger partial charge on any atom is 0.0585 e. The quantitative estimate of drug-likeness (QED) is 0.375. The molecule has 0 aliphatic carbocycles. The molecule has 18 heavy (non-hydrogen) atoms. The van der Waals surface area contributed by atoms with Crippen LogP contribution in [0.15, 0.2) is 24.3 Å². The monoisotopic (exact) mass is 266 g/mol. The van der Waals surface area contributed by atoms with Crippen LogP contribution >= 0.6 is 11.6 Å². The van der Waals surface area contributed by atoms with Crippen molar-refractivity contribution >= 4 is 11.6 Å². The van der Waals surface area contributed by atoms with E-state index in [2.05, 4.69) is 45.0 Å². The lowest BCUT2D eigenvalue weighted by molar-refractivity contribution is 0.623. The third-order valence-electron chi connectivity index (χ3n) is 3.79. The Hall–Kier alpha value is -0.490. The molecule has 0 aliphatic heterocycles. The average Bonchev–Trinajstić information content (AvgIpc) is 2.42. The molecule has 102 valence electrons. The summed E-state index contributed by atoms with van der Waals surface area (Å²) in [5, 5.41) is 0.188. The molecular formula is C17H27Cl. The van der Waals surface area contributed by atoms with Gasteiger partial charge in [0.05, 0.1) is 5.38 Å². The second kappa shape index (κ2) is 8.58. The van der Waals surface area contributed by atoms with E-state index in [4.69, 9.17) is 11.6 Å². The summed E-state index contributed by atoms with van der Waals surface area (Å²) in [5.41, 5.74) is 2.70. The average molecular weight is 267 g/mol. The first-order valence-electron chi connectivity index (χ1n) is 7.42. The molecule has 0 fully saturated rings. The van der Waals surface area contributed by atoms with Gasteiger partial charge >= 0.3 is 0 Å². The summed E-state index contributed by atoms with van der Waals surface area (Å²) in [7, 11) is 0. The Kier molecular flexibility index (Phi) is 7.42. The second-order valence-electron chi connectivity index (χ2n) is 5.29. The summed E-state index contributed by atoms with van der Waals surface area (Å²) >= 11 is 6.45. The SMILES string of the molecule is CCCCCCC(Cl)c1ccc(C(C)CC)cc1. The zero-order chi connectivity index (χ0) is 13.4. The highest BCUT2D eigenvalue weighted by atomic mass is 35.5. The van der Waals surface area contributed by atoms with Crippen LogP contribution in [0.5, 0.6) is 0 Å². The normalized spacial score (nSPS) is 14.4. The number of alkyl halides is 1. The summed E-state index contributed by atoms with van der Waals surface area (Å²) < 4.78 is 0. The van der Waals surface area contributed by atoms with Crippen molar-refractivity contribution in [2.75, 3.05) is 0 Å². The number of hydrogen-bond donors (Lipinski definition) is 0. The van der Waals surface area contributed by atoms with Crippen LogP contribution in [0.25, 0.3) is 0 Å². The molecule has 0 saturated carbocycles. The predicted molar refractivity (Wildman–Crippen MR) is 82.5 cm³/mol. The van der Waals surface area contributed by atoms with Crippen molar-refractivity contribution in [1.29, 1.82) is 0 Å². The van der Waals surface area contributed by atoms with Crippen molar-refractivity contribution in [3.63, 3.8) is 0 Å². The van der Waals surface area contributed by atoms with Crippen LogP contribution in [0.4, 0.5) is 0 Å². The van der Waals surface area contributed by atoms with Gasteiger partial charge in [0.15, 0.2) is 0 Å². The minimum absolute atomic E-state index is 0.188. The van der Waals surface area contributed by atoms with Gasteiger partial charge in [0.1, 0.15) is 0 Å². The smallest absolute Gasteiger partial charge is 0.0585 e. The van der Waals surface area contributed by atoms with Gasteiger partial charge in [-0.15, -0.1) is 11.6 Å². The standard InChI is InChI=1S/C17H27Cl/c1-4-6-7-8-9-17(18)16-12-10-15(11-13-16)14(3)5-2/h10-14,17H,4-9H2,1-3H3. The molecule has 0 bridgehead atoms. The number of unbranched alkanes of at least 4 members (excludes halogenated alkanes) is 3. The second-order valence-corrected chi connectivity index (χ2v) is 5.82. The van der Waals surface area contributed by atoms with Gasteiger partial charge in [0, 0.05) is 0 Å². The van der Waals surface area contributed by atoms with Crippen LogP contribution < -0.4 is 0 Å². The summed E-state index contributed by atoms with van der Waals surface area (Å²) in [6, 6.07) is 8.90. The van der Waals surface area contributed by atoms with Crippen molar-refractivity contribution in [1.82, 2.24) is 0 Å². The summed E-state index contributed by atoms with van der Waals surface area (Å²) in [6.45, 7) is 6.75. The Bertz CT molecular complexity index is 315. The van der Waals surface area contributed by atoms with Crippen molar-refractivity contribution < 1.29 is 0 Å². The van der Waals surface area contributed by atoms with E-state index in [-0.39, 0.29) is 5.38 Å². The molecule has 1 rings (SSSR count). The lowest BCUT2D eigenvalue weighted by Gasteiger charge is -2.13. The van der Waals surface area contributed by atoms with Gasteiger partial charge < -0.3 is 0 Å². The Morgan fingerprint density at radius 1 is 0.944 bits per heavy atom. The van der Waals surface area contributed by atoms with E-state index >= 15 is 0 Å². The molecule has 2 unspecified atom stereocenters. The molecule has 1 heteroatoms. The molecular weight excluding hydrogens is 240 g/mol. The number of halogens is 1. The van der Waals surface area contributed by atoms with Gasteiger partial charge in [-0.2, -0.15) is 0 Å². The topological polar surface area (TPSA) is 0 Å². The molecule has 0 aliphatic rings. The Labute approximate surface area is 118 Å². The van der Waals surface area contributed by atoms with Crippen LogP contribution in [0.1, 0.15) is 81.7 Å². The van der Waals surface area contributed by atoms with E-state index in [1.54, 1.807) is 0 Å². The van der Waals surface area contributed by atoms with Gasteiger partial charge in [-0.1, -0.05) is 70.7 Å². The molecule has 1 aromatic carbocycles. The Morgan fingerprint density at radius 3 is 2.11 bits per heavy atom. The fourth-order valence-corrected chi connectivity index (χ4v) is 2.49. The first-order valence-corrected chi connectivity index (χ1v) is 7.86. The zero-order valence-corrected chi connectivity index (χ0v) is 12.8. The number of benzene rings is 1. The van der Waals surface area contributed by atoms with Crippen molar-refractivity contribution in [2.24, 2.45) is 0 Å². The van der Waals surface area contributed by atoms with Gasteiger partial charge in [-0.25, -0.2) is 0 Å². The van der Waals surface area contributed by atoms with E-state index < -0.39 is 0 Å². The molecule has 0 heterocycles. The molecule has 0 radical (unpaired) electrons. The minimum atomic E-state index is 0.188. The Morgan fingerprint density at radius 2 is 1.56 bits per heavy atom. The summed E-state index contributed by atoms with van der Waals surface area (Å²) in [6.07, 6.45) is 7.47. The number of rotatable bonds is 8. The van der Waals surface area contributed by atoms with E-state index in [0.29, 0.717) is 5.92 Å². The number of hydrogen-bond acceptors (Lipinski definition) is 0. The minimum Gasteiger partial charge on any atom is -0.118 e. The summed E-state index contributed by atoms with van der Waals surface area (Å²) in [4.78, 5) is 0. The van der Waals surface area contributed by atoms with E-state index in [1.165, 1.54) is 43.2 Å². The van der Waals surface area contributed by atoms with Crippen LogP contribution in [0.2, 0.25) is 0 Å². The highest BCUT2D eigenvalue weighted by molar-refractivity contribution is 6.20. The molecule has 1 aromatic rings. The van der Waals surface area contributed by atoms with Gasteiger partial charge in [-0.3, -0.25) is 0 Å². The van der Waals surface area contributed by atoms with E-state index in [0.717, 1.165) is 6.42 Å². The van der Waals surface area contributed by atoms with Crippen molar-refractivity contribution in [3.05, 3.63) is 35.4 Å². The van der Waals surface area contributed by atoms with Crippen molar-refractivity contribution in [3.8, 4) is 0 Å². The lowest BCUT2D eigenvalue weighted by atomic mass is 9.96. The predicted octanol–water partition coefficient (Wildman–Crippen LogP) is 6.45. The highest BCUT2D eigenvalue weighted by Gasteiger charge is 2.08. The molecule has 2 atom stereocenters. The zero-order valence-electron chi connectivity index (χ0n) is 12.1. The Balaban J connectivity index is 2.46. The maximum atomic E-state index is 6.45. The third-order valence-corrected chi connectivity index (χ3v) is 4.26. The fraction of sp³-hybridized carbons (Fsp3) is 0.647. The van der Waals surface area contributed by atoms with E-state index in [1.807, 2.05) is 0 Å². The third kappa shape index (κ3) is 5.02. The lowest BCUT2D eigenvalue weighted by Crippen LogP contribution is -1.94. The fourth-order valence-electron chi connectivity index (χ4n) is 2.19. The van der Waals surface area contributed by atoms with Crippen LogP contribution in [-0.4, -0.2) is 0 Å². The first kappa shape index (κ1) is 15.6. The molecule has 0 amide bonds. The first-order chi connectivity index (χ1) is 8.69. The molecule has 0 nitrogen and oxygen atoms in total. The largest absolute Gasteiger partial charge is 0.118 e. The molecule has 0 saturated heterocycles. The van der Waals surface area contributed by atoms with Gasteiger partial charge in [-0.05, 0) is 29.9 Å². The summed E-state index contributed by atoms with van der Waals surface area (Å²) in [5.74, 6) is 0.650. The van der Waals surface area contributed by atoms with Crippen LogP contribution in [-0.2, 0) is 0 Å². The molecule has 0 N–H and O–H groups in total. The van der Waals surface area contributed by atoms with Gasteiger partial charge in [0.2, 0.25) is 0 Å². The van der Waals surface area contributed by atoms with E-state index in [9.17, 15) is 0 Å². The molecule has 0 aromatic heterocycles. The molecule has 0 spiro atoms. The highest BCUT2D eigenvalue weighted by Crippen LogP contribution is 2.28. The van der Waals surface area contributed by atoms with Crippen LogP contribution in [0, 0.1) is 0 Å². The van der Waals surface area contributed by atoms with Crippen LogP contribution in [0.3, 0.4) is 0 Å².